The van der Waals surface area contributed by atoms with Crippen molar-refractivity contribution in [2.24, 2.45) is 0 Å². The fraction of sp³-hybridized carbons (Fsp3) is 0.688. The van der Waals surface area contributed by atoms with Gasteiger partial charge in [0.05, 0.1) is 4.92 Å². The maximum absolute atomic E-state index is 13.6. The number of rotatable bonds is 14. The first-order valence-corrected chi connectivity index (χ1v) is 16.1. The maximum atomic E-state index is 13.6. The number of benzene rings is 1. The number of carbonyl (C=O) groups is 4. The number of nitrogens with zero attached hydrogens (tertiary/aromatic N) is 4. The van der Waals surface area contributed by atoms with Crippen LogP contribution in [0.15, 0.2) is 24.3 Å². The van der Waals surface area contributed by atoms with E-state index in [9.17, 15) is 19.7 Å². The van der Waals surface area contributed by atoms with E-state index in [0.717, 1.165) is 51.7 Å². The van der Waals surface area contributed by atoms with Crippen LogP contribution in [0.4, 0.5) is 5.69 Å². The standard InChI is InChI=1S/C30H48N4O4.C2H2O4/c1-3-31(4-2)22-12-24-32(30(36)25-18-20-28(21-19-25)34(37)38)23-11-17-29(35)33(26-13-7-5-8-14-26)27-15-9-6-10-16-27;3-1(4)2(5)6/h18-21,26-27H,3-17,22-24H2,1-2H3;(H,3,4)(H,5,6). The molecule has 12 heteroatoms. The largest absolute Gasteiger partial charge is 0.473 e. The van der Waals surface area contributed by atoms with Crippen LogP contribution >= 0.6 is 0 Å². The Balaban J connectivity index is 0.00000102. The second kappa shape index (κ2) is 19.7. The fourth-order valence-electron chi connectivity index (χ4n) is 6.22. The van der Waals surface area contributed by atoms with Gasteiger partial charge in [0.25, 0.3) is 11.6 Å². The summed E-state index contributed by atoms with van der Waals surface area (Å²) in [5, 5.41) is 25.8. The minimum Gasteiger partial charge on any atom is -0.473 e. The number of nitro groups is 1. The summed E-state index contributed by atoms with van der Waals surface area (Å²) < 4.78 is 0. The number of carboxylic acids is 2. The van der Waals surface area contributed by atoms with Gasteiger partial charge in [0, 0.05) is 49.3 Å². The van der Waals surface area contributed by atoms with E-state index in [1.54, 1.807) is 0 Å². The molecule has 0 unspecified atom stereocenters. The molecule has 0 saturated heterocycles. The van der Waals surface area contributed by atoms with Gasteiger partial charge in [0.1, 0.15) is 0 Å². The summed E-state index contributed by atoms with van der Waals surface area (Å²) in [4.78, 5) is 62.2. The van der Waals surface area contributed by atoms with Crippen LogP contribution in [0.25, 0.3) is 0 Å². The molecular weight excluding hydrogens is 568 g/mol. The number of carbonyl (C=O) groups excluding carboxylic acids is 2. The van der Waals surface area contributed by atoms with E-state index >= 15 is 0 Å². The second-order valence-corrected chi connectivity index (χ2v) is 11.6. The molecule has 12 nitrogen and oxygen atoms in total. The van der Waals surface area contributed by atoms with Gasteiger partial charge in [-0.15, -0.1) is 0 Å². The summed E-state index contributed by atoms with van der Waals surface area (Å²) in [6.45, 7) is 8.25. The van der Waals surface area contributed by atoms with E-state index < -0.39 is 16.9 Å². The molecule has 2 amide bonds. The summed E-state index contributed by atoms with van der Waals surface area (Å²) in [5.74, 6) is -3.51. The van der Waals surface area contributed by atoms with Gasteiger partial charge in [-0.2, -0.15) is 0 Å². The average molecular weight is 619 g/mol. The summed E-state index contributed by atoms with van der Waals surface area (Å²) in [6, 6.07) is 6.61. The molecule has 0 aliphatic heterocycles. The van der Waals surface area contributed by atoms with E-state index in [4.69, 9.17) is 19.8 Å². The number of aliphatic carboxylic acids is 2. The molecule has 1 aromatic carbocycles. The number of amides is 2. The Morgan fingerprint density at radius 2 is 1.25 bits per heavy atom. The zero-order chi connectivity index (χ0) is 32.5. The Kier molecular flexibility index (Phi) is 16.4. The van der Waals surface area contributed by atoms with Crippen molar-refractivity contribution in [1.82, 2.24) is 14.7 Å². The molecule has 246 valence electrons. The molecule has 2 aliphatic rings. The molecule has 1 aromatic rings. The Bertz CT molecular complexity index is 1030. The highest BCUT2D eigenvalue weighted by molar-refractivity contribution is 6.27. The molecular formula is C32H50N4O8. The van der Waals surface area contributed by atoms with Crippen LogP contribution < -0.4 is 0 Å². The topological polar surface area (TPSA) is 162 Å². The molecule has 0 atom stereocenters. The van der Waals surface area contributed by atoms with Crippen molar-refractivity contribution in [3.05, 3.63) is 39.9 Å². The SMILES string of the molecule is CCN(CC)CCCN(CCCC(=O)N(C1CCCCC1)C1CCCCC1)C(=O)c1ccc([N+](=O)[O-])cc1.O=C(O)C(=O)O. The first kappa shape index (κ1) is 36.7. The molecule has 0 radical (unpaired) electrons. The molecule has 0 bridgehead atoms. The number of non-ortho nitro benzene ring substituents is 1. The predicted octanol–water partition coefficient (Wildman–Crippen LogP) is 5.20. The van der Waals surface area contributed by atoms with E-state index in [2.05, 4.69) is 23.6 Å². The lowest BCUT2D eigenvalue weighted by molar-refractivity contribution is -0.384. The Hall–Kier alpha value is -3.54. The van der Waals surface area contributed by atoms with Gasteiger partial charge < -0.3 is 24.9 Å². The van der Waals surface area contributed by atoms with Gasteiger partial charge in [-0.3, -0.25) is 19.7 Å². The van der Waals surface area contributed by atoms with E-state index in [0.29, 0.717) is 43.6 Å². The first-order valence-electron chi connectivity index (χ1n) is 16.1. The van der Waals surface area contributed by atoms with E-state index in [-0.39, 0.29) is 17.5 Å². The van der Waals surface area contributed by atoms with Gasteiger partial charge in [-0.05, 0) is 70.3 Å². The molecule has 44 heavy (non-hydrogen) atoms. The van der Waals surface area contributed by atoms with Crippen molar-refractivity contribution in [2.75, 3.05) is 32.7 Å². The normalized spacial score (nSPS) is 15.6. The molecule has 0 aromatic heterocycles. The zero-order valence-corrected chi connectivity index (χ0v) is 26.3. The Labute approximate surface area is 260 Å². The molecule has 2 N–H and O–H groups in total. The summed E-state index contributed by atoms with van der Waals surface area (Å²) in [7, 11) is 0. The predicted molar refractivity (Wildman–Crippen MR) is 167 cm³/mol. The van der Waals surface area contributed by atoms with Crippen LogP contribution in [-0.2, 0) is 14.4 Å². The monoisotopic (exact) mass is 618 g/mol. The lowest BCUT2D eigenvalue weighted by atomic mass is 9.88. The quantitative estimate of drug-likeness (QED) is 0.162. The van der Waals surface area contributed by atoms with Gasteiger partial charge >= 0.3 is 11.9 Å². The fourth-order valence-corrected chi connectivity index (χ4v) is 6.22. The first-order chi connectivity index (χ1) is 21.1. The number of nitro benzene ring substituents is 1. The molecule has 0 heterocycles. The highest BCUT2D eigenvalue weighted by atomic mass is 16.6. The number of carboxylic acid groups (broad SMARTS) is 2. The van der Waals surface area contributed by atoms with Crippen LogP contribution in [0.2, 0.25) is 0 Å². The smallest absolute Gasteiger partial charge is 0.414 e. The van der Waals surface area contributed by atoms with Gasteiger partial charge in [-0.25, -0.2) is 9.59 Å². The van der Waals surface area contributed by atoms with Crippen LogP contribution in [-0.4, -0.2) is 98.4 Å². The number of hydrogen-bond acceptors (Lipinski definition) is 7. The van der Waals surface area contributed by atoms with E-state index in [1.165, 1.54) is 62.8 Å². The second-order valence-electron chi connectivity index (χ2n) is 11.6. The molecule has 0 spiro atoms. The van der Waals surface area contributed by atoms with Gasteiger partial charge in [0.15, 0.2) is 0 Å². The lowest BCUT2D eigenvalue weighted by Gasteiger charge is -2.42. The summed E-state index contributed by atoms with van der Waals surface area (Å²) >= 11 is 0. The van der Waals surface area contributed by atoms with Crippen molar-refractivity contribution in [2.45, 2.75) is 109 Å². The third-order valence-corrected chi connectivity index (χ3v) is 8.63. The lowest BCUT2D eigenvalue weighted by Crippen LogP contribution is -2.49. The summed E-state index contributed by atoms with van der Waals surface area (Å²) in [6.07, 6.45) is 13.9. The maximum Gasteiger partial charge on any atom is 0.414 e. The average Bonchev–Trinajstić information content (AvgIpc) is 3.03. The van der Waals surface area contributed by atoms with Crippen LogP contribution in [0, 0.1) is 10.1 Å². The Morgan fingerprint density at radius 3 is 1.68 bits per heavy atom. The van der Waals surface area contributed by atoms with Crippen molar-refractivity contribution < 1.29 is 34.3 Å². The molecule has 2 fully saturated rings. The molecule has 2 saturated carbocycles. The van der Waals surface area contributed by atoms with Gasteiger partial charge in [0.2, 0.25) is 5.91 Å². The van der Waals surface area contributed by atoms with Crippen molar-refractivity contribution in [1.29, 1.82) is 0 Å². The van der Waals surface area contributed by atoms with Crippen molar-refractivity contribution in [3.63, 3.8) is 0 Å². The number of hydrogen-bond donors (Lipinski definition) is 2. The van der Waals surface area contributed by atoms with E-state index in [1.807, 2.05) is 4.90 Å². The van der Waals surface area contributed by atoms with Gasteiger partial charge in [-0.1, -0.05) is 52.4 Å². The third kappa shape index (κ3) is 12.2. The summed E-state index contributed by atoms with van der Waals surface area (Å²) in [5.41, 5.74) is 0.432. The van der Waals surface area contributed by atoms with Crippen LogP contribution in [0.5, 0.6) is 0 Å². The van der Waals surface area contributed by atoms with Crippen molar-refractivity contribution >= 4 is 29.4 Å². The molecule has 3 rings (SSSR count). The minimum atomic E-state index is -1.82. The highest BCUT2D eigenvalue weighted by Crippen LogP contribution is 2.31. The Morgan fingerprint density at radius 1 is 0.773 bits per heavy atom. The molecule has 2 aliphatic carbocycles. The zero-order valence-electron chi connectivity index (χ0n) is 26.3. The highest BCUT2D eigenvalue weighted by Gasteiger charge is 2.32. The third-order valence-electron chi connectivity index (χ3n) is 8.63. The van der Waals surface area contributed by atoms with Crippen molar-refractivity contribution in [3.8, 4) is 0 Å². The van der Waals surface area contributed by atoms with Crippen LogP contribution in [0.3, 0.4) is 0 Å². The minimum absolute atomic E-state index is 0.0225. The van der Waals surface area contributed by atoms with Crippen LogP contribution in [0.1, 0.15) is 108 Å².